The van der Waals surface area contributed by atoms with E-state index >= 15 is 0 Å². The summed E-state index contributed by atoms with van der Waals surface area (Å²) in [6.45, 7) is 3.49. The van der Waals surface area contributed by atoms with Crippen molar-refractivity contribution in [1.82, 2.24) is 14.9 Å². The van der Waals surface area contributed by atoms with E-state index in [-0.39, 0.29) is 13.2 Å². The fourth-order valence-electron chi connectivity index (χ4n) is 6.01. The predicted molar refractivity (Wildman–Crippen MR) is 208 cm³/mol. The lowest BCUT2D eigenvalue weighted by Crippen LogP contribution is -2.51. The lowest BCUT2D eigenvalue weighted by atomic mass is 9.96. The summed E-state index contributed by atoms with van der Waals surface area (Å²) in [7, 11) is 0. The molecule has 12 nitrogen and oxygen atoms in total. The minimum atomic E-state index is -1.14. The summed E-state index contributed by atoms with van der Waals surface area (Å²) in [6.07, 6.45) is 3.76. The van der Waals surface area contributed by atoms with E-state index in [2.05, 4.69) is 17.0 Å². The number of rotatable bonds is 17. The monoisotopic (exact) mass is 772 g/mol. The van der Waals surface area contributed by atoms with Gasteiger partial charge < -0.3 is 31.1 Å². The van der Waals surface area contributed by atoms with Gasteiger partial charge in [0.15, 0.2) is 0 Å². The van der Waals surface area contributed by atoms with Crippen LogP contribution in [0.3, 0.4) is 0 Å². The average molecular weight is 773 g/mol. The van der Waals surface area contributed by atoms with E-state index in [1.807, 2.05) is 29.6 Å². The molecule has 0 spiro atoms. The number of carboxylic acids is 1. The number of benzene rings is 2. The summed E-state index contributed by atoms with van der Waals surface area (Å²) >= 11 is 9.00. The van der Waals surface area contributed by atoms with Crippen molar-refractivity contribution in [3.05, 3.63) is 75.8 Å². The number of anilines is 1. The first kappa shape index (κ1) is 39.5. The third-order valence-corrected chi connectivity index (χ3v) is 11.1. The molecule has 15 heteroatoms. The number of carboxylic acid groups (broad SMARTS) is 1. The lowest BCUT2D eigenvalue weighted by Gasteiger charge is -2.29. The Hall–Kier alpha value is -4.70. The first-order valence-electron chi connectivity index (χ1n) is 17.3. The highest BCUT2D eigenvalue weighted by Crippen LogP contribution is 2.40. The summed E-state index contributed by atoms with van der Waals surface area (Å²) in [5.41, 5.74) is 15.3. The molecule has 1 aliphatic rings. The molecule has 1 saturated heterocycles. The number of carbonyl (C=O) groups is 2. The number of nitrogens with two attached hydrogens (primary N) is 2. The van der Waals surface area contributed by atoms with E-state index in [0.717, 1.165) is 48.6 Å². The molecule has 0 saturated carbocycles. The summed E-state index contributed by atoms with van der Waals surface area (Å²) < 4.78 is 5.94. The van der Waals surface area contributed by atoms with Crippen molar-refractivity contribution in [3.8, 4) is 39.6 Å². The van der Waals surface area contributed by atoms with Gasteiger partial charge in [-0.15, -0.1) is 11.3 Å². The molecule has 5 N–H and O–H groups in total. The molecule has 0 bridgehead atoms. The maximum atomic E-state index is 13.1. The molecule has 0 aliphatic carbocycles. The van der Waals surface area contributed by atoms with Crippen LogP contribution < -0.4 is 21.1 Å². The van der Waals surface area contributed by atoms with Gasteiger partial charge in [-0.1, -0.05) is 54.0 Å². The van der Waals surface area contributed by atoms with Gasteiger partial charge in [0.25, 0.3) is 0 Å². The molecule has 0 unspecified atom stereocenters. The summed E-state index contributed by atoms with van der Waals surface area (Å²) in [6, 6.07) is 17.3. The standard InChI is InChI=1S/C38H41ClN8O4S2/c1-24(38(49)50)47(37(48)32(43)6-2-3-15-40)18-19-51-29-13-9-25(10-14-29)33-30(20-41)34(46-16-4-5-17-46)45-36(31(33)21-42)53-23-28-22-52-35(44-28)26-7-11-27(39)12-8-26/h7-14,22,24,32H,2-6,15-19,23,40,43H2,1H3,(H,49,50)/t24-,32-/m0/s1. The molecule has 0 radical (unpaired) electrons. The molecule has 3 heterocycles. The number of thioether (sulfide) groups is 1. The van der Waals surface area contributed by atoms with E-state index in [4.69, 9.17) is 37.8 Å². The van der Waals surface area contributed by atoms with Crippen molar-refractivity contribution in [3.63, 3.8) is 0 Å². The predicted octanol–water partition coefficient (Wildman–Crippen LogP) is 6.30. The zero-order valence-electron chi connectivity index (χ0n) is 29.3. The number of carbonyl (C=O) groups excluding carboxylic acids is 1. The number of hydrogen-bond acceptors (Lipinski definition) is 12. The molecule has 1 aliphatic heterocycles. The fourth-order valence-corrected chi connectivity index (χ4v) is 7.94. The number of unbranched alkanes of at least 4 members (excludes halogenated alkanes) is 1. The van der Waals surface area contributed by atoms with Crippen LogP contribution in [0, 0.1) is 22.7 Å². The van der Waals surface area contributed by atoms with Gasteiger partial charge in [-0.05, 0) is 69.0 Å². The Balaban J connectivity index is 1.37. The van der Waals surface area contributed by atoms with Crippen molar-refractivity contribution < 1.29 is 19.4 Å². The molecule has 276 valence electrons. The molecule has 1 amide bonds. The SMILES string of the molecule is C[C@@H](C(=O)O)N(CCOc1ccc(-c2c(C#N)c(SCc3csc(-c4ccc(Cl)cc4)n3)nc(N3CCCC3)c2C#N)cc1)C(=O)[C@@H](N)CCCCN. The van der Waals surface area contributed by atoms with Crippen LogP contribution in [-0.4, -0.2) is 76.7 Å². The quantitative estimate of drug-likeness (QED) is 0.0802. The first-order chi connectivity index (χ1) is 25.6. The second-order valence-corrected chi connectivity index (χ2v) is 14.8. The van der Waals surface area contributed by atoms with Crippen molar-refractivity contribution in [2.75, 3.05) is 37.7 Å². The van der Waals surface area contributed by atoms with Gasteiger partial charge in [0.2, 0.25) is 5.91 Å². The van der Waals surface area contributed by atoms with Gasteiger partial charge in [-0.2, -0.15) is 10.5 Å². The maximum absolute atomic E-state index is 13.1. The molecule has 1 fully saturated rings. The van der Waals surface area contributed by atoms with Gasteiger partial charge in [0.05, 0.1) is 23.8 Å². The highest BCUT2D eigenvalue weighted by atomic mass is 35.5. The Morgan fingerprint density at radius 2 is 1.74 bits per heavy atom. The molecule has 4 aromatic rings. The van der Waals surface area contributed by atoms with Gasteiger partial charge >= 0.3 is 5.97 Å². The zero-order valence-corrected chi connectivity index (χ0v) is 31.7. The molecular weight excluding hydrogens is 732 g/mol. The highest BCUT2D eigenvalue weighted by Gasteiger charge is 2.29. The van der Waals surface area contributed by atoms with E-state index in [0.29, 0.717) is 69.0 Å². The van der Waals surface area contributed by atoms with Gasteiger partial charge in [0, 0.05) is 40.4 Å². The average Bonchev–Trinajstić information content (AvgIpc) is 3.88. The number of halogens is 1. The smallest absolute Gasteiger partial charge is 0.326 e. The van der Waals surface area contributed by atoms with Crippen LogP contribution in [0.1, 0.15) is 55.8 Å². The van der Waals surface area contributed by atoms with Crippen LogP contribution in [0.15, 0.2) is 58.9 Å². The van der Waals surface area contributed by atoms with E-state index < -0.39 is 24.0 Å². The van der Waals surface area contributed by atoms with Crippen LogP contribution in [0.5, 0.6) is 5.75 Å². The van der Waals surface area contributed by atoms with Crippen molar-refractivity contribution in [1.29, 1.82) is 10.5 Å². The molecule has 2 atom stereocenters. The Kier molecular flexibility index (Phi) is 14.1. The second-order valence-electron chi connectivity index (χ2n) is 12.5. The fraction of sp³-hybridized carbons (Fsp3) is 0.368. The van der Waals surface area contributed by atoms with Crippen molar-refractivity contribution >= 4 is 52.4 Å². The van der Waals surface area contributed by atoms with Crippen LogP contribution in [-0.2, 0) is 15.3 Å². The number of ether oxygens (including phenoxy) is 1. The summed E-state index contributed by atoms with van der Waals surface area (Å²) in [5.74, 6) is -0.101. The maximum Gasteiger partial charge on any atom is 0.326 e. The number of thiazole rings is 1. The number of pyridine rings is 1. The third kappa shape index (κ3) is 9.84. The topological polar surface area (TPSA) is 195 Å². The van der Waals surface area contributed by atoms with Gasteiger partial charge in [0.1, 0.15) is 52.0 Å². The largest absolute Gasteiger partial charge is 0.492 e. The van der Waals surface area contributed by atoms with E-state index in [1.54, 1.807) is 24.3 Å². The minimum Gasteiger partial charge on any atom is -0.492 e. The number of nitriles is 2. The van der Waals surface area contributed by atoms with Crippen molar-refractivity contribution in [2.24, 2.45) is 11.5 Å². The number of aromatic nitrogens is 2. The lowest BCUT2D eigenvalue weighted by molar-refractivity contribution is -0.150. The van der Waals surface area contributed by atoms with Crippen molar-refractivity contribution in [2.45, 2.75) is 61.9 Å². The minimum absolute atomic E-state index is 0.0140. The molecule has 53 heavy (non-hydrogen) atoms. The van der Waals surface area contributed by atoms with E-state index in [1.165, 1.54) is 34.9 Å². The first-order valence-corrected chi connectivity index (χ1v) is 19.6. The molecule has 2 aromatic heterocycles. The Morgan fingerprint density at radius 1 is 1.06 bits per heavy atom. The summed E-state index contributed by atoms with van der Waals surface area (Å²) in [5, 5.41) is 34.6. The molecule has 2 aromatic carbocycles. The van der Waals surface area contributed by atoms with Crippen LogP contribution in [0.2, 0.25) is 5.02 Å². The Morgan fingerprint density at radius 3 is 2.38 bits per heavy atom. The number of amides is 1. The third-order valence-electron chi connectivity index (χ3n) is 8.91. The van der Waals surface area contributed by atoms with Crippen LogP contribution >= 0.6 is 34.7 Å². The molecule has 5 rings (SSSR count). The number of aliphatic carboxylic acids is 1. The van der Waals surface area contributed by atoms with Gasteiger partial charge in [-0.25, -0.2) is 14.8 Å². The highest BCUT2D eigenvalue weighted by molar-refractivity contribution is 7.98. The number of nitrogens with zero attached hydrogens (tertiary/aromatic N) is 6. The zero-order chi connectivity index (χ0) is 37.9. The second kappa shape index (κ2) is 18.9. The van der Waals surface area contributed by atoms with Crippen LogP contribution in [0.25, 0.3) is 21.7 Å². The Labute approximate surface area is 322 Å². The van der Waals surface area contributed by atoms with Crippen LogP contribution in [0.4, 0.5) is 5.82 Å². The summed E-state index contributed by atoms with van der Waals surface area (Å²) in [4.78, 5) is 37.9. The Bertz CT molecular complexity index is 1970. The number of hydrogen-bond donors (Lipinski definition) is 3. The van der Waals surface area contributed by atoms with Gasteiger partial charge in [-0.3, -0.25) is 4.79 Å². The molecular formula is C38H41ClN8O4S2. The van der Waals surface area contributed by atoms with E-state index in [9.17, 15) is 25.2 Å². The normalized spacial score (nSPS) is 13.6.